The molecule has 0 aliphatic rings. The van der Waals surface area contributed by atoms with Crippen LogP contribution < -0.4 is 0 Å². The molecule has 0 radical (unpaired) electrons. The fourth-order valence-electron chi connectivity index (χ4n) is 2.18. The number of rotatable bonds is 4. The van der Waals surface area contributed by atoms with Crippen LogP contribution in [-0.2, 0) is 6.54 Å². The van der Waals surface area contributed by atoms with Crippen molar-refractivity contribution in [3.05, 3.63) is 35.8 Å². The number of nitrogens with zero attached hydrogens (tertiary/aromatic N) is 4. The van der Waals surface area contributed by atoms with E-state index in [9.17, 15) is 5.11 Å². The van der Waals surface area contributed by atoms with Gasteiger partial charge in [-0.3, -0.25) is 0 Å². The van der Waals surface area contributed by atoms with Crippen molar-refractivity contribution in [2.45, 2.75) is 19.9 Å². The fraction of sp³-hybridized carbons (Fsp3) is 0.214. The smallest absolute Gasteiger partial charge is 0.229 e. The molecule has 0 atom stereocenters. The zero-order chi connectivity index (χ0) is 13.9. The predicted molar refractivity (Wildman–Crippen MR) is 80.2 cm³/mol. The molecule has 0 saturated heterocycles. The van der Waals surface area contributed by atoms with Gasteiger partial charge in [0.25, 0.3) is 0 Å². The summed E-state index contributed by atoms with van der Waals surface area (Å²) in [6.07, 6.45) is 2.62. The SMILES string of the molecule is CCCn1c(O)c(N=Nc2nccs2)c2ccccc21. The van der Waals surface area contributed by atoms with Crippen molar-refractivity contribution in [1.29, 1.82) is 0 Å². The zero-order valence-electron chi connectivity index (χ0n) is 11.0. The second-order valence-electron chi connectivity index (χ2n) is 4.36. The van der Waals surface area contributed by atoms with Crippen LogP contribution in [0.25, 0.3) is 10.9 Å². The van der Waals surface area contributed by atoms with Crippen molar-refractivity contribution < 1.29 is 5.11 Å². The molecule has 2 heterocycles. The molecule has 0 spiro atoms. The van der Waals surface area contributed by atoms with E-state index in [0.29, 0.717) is 10.8 Å². The molecular formula is C14H14N4OS. The molecule has 0 fully saturated rings. The van der Waals surface area contributed by atoms with Crippen LogP contribution in [0.15, 0.2) is 46.1 Å². The second kappa shape index (κ2) is 5.42. The zero-order valence-corrected chi connectivity index (χ0v) is 11.8. The molecule has 0 saturated carbocycles. The lowest BCUT2D eigenvalue weighted by Crippen LogP contribution is -1.94. The van der Waals surface area contributed by atoms with Gasteiger partial charge in [-0.1, -0.05) is 25.1 Å². The molecule has 3 rings (SSSR count). The van der Waals surface area contributed by atoms with Gasteiger partial charge in [0.2, 0.25) is 11.0 Å². The van der Waals surface area contributed by atoms with E-state index >= 15 is 0 Å². The largest absolute Gasteiger partial charge is 0.493 e. The Bertz CT molecular complexity index is 746. The Morgan fingerprint density at radius 1 is 1.30 bits per heavy atom. The number of hydrogen-bond acceptors (Lipinski definition) is 5. The Morgan fingerprint density at radius 3 is 2.90 bits per heavy atom. The molecule has 0 bridgehead atoms. The fourth-order valence-corrected chi connectivity index (χ4v) is 2.63. The first-order chi connectivity index (χ1) is 9.81. The van der Waals surface area contributed by atoms with Crippen molar-refractivity contribution in [3.8, 4) is 5.88 Å². The normalized spacial score (nSPS) is 11.7. The minimum absolute atomic E-state index is 0.161. The summed E-state index contributed by atoms with van der Waals surface area (Å²) in [5.41, 5.74) is 1.48. The molecular weight excluding hydrogens is 272 g/mol. The first-order valence-electron chi connectivity index (χ1n) is 6.42. The number of azo groups is 1. The second-order valence-corrected chi connectivity index (χ2v) is 5.23. The number of thiazole rings is 1. The summed E-state index contributed by atoms with van der Waals surface area (Å²) in [5, 5.41) is 21.9. The summed E-state index contributed by atoms with van der Waals surface area (Å²) in [6, 6.07) is 7.81. The van der Waals surface area contributed by atoms with Gasteiger partial charge in [0.1, 0.15) is 0 Å². The first kappa shape index (κ1) is 12.8. The predicted octanol–water partition coefficient (Wildman–Crippen LogP) is 4.63. The number of aromatic hydroxyl groups is 1. The number of aromatic nitrogens is 2. The highest BCUT2D eigenvalue weighted by molar-refractivity contribution is 7.13. The van der Waals surface area contributed by atoms with E-state index < -0.39 is 0 Å². The average Bonchev–Trinajstić information content (AvgIpc) is 3.06. The average molecular weight is 286 g/mol. The van der Waals surface area contributed by atoms with Gasteiger partial charge in [0.15, 0.2) is 5.69 Å². The number of fused-ring (bicyclic) bond motifs is 1. The summed E-state index contributed by atoms with van der Waals surface area (Å²) >= 11 is 1.41. The van der Waals surface area contributed by atoms with Gasteiger partial charge in [0.05, 0.1) is 5.52 Å². The number of hydrogen-bond donors (Lipinski definition) is 1. The van der Waals surface area contributed by atoms with Crippen molar-refractivity contribution in [3.63, 3.8) is 0 Å². The molecule has 0 aliphatic carbocycles. The van der Waals surface area contributed by atoms with E-state index in [1.54, 1.807) is 6.20 Å². The molecule has 5 nitrogen and oxygen atoms in total. The third kappa shape index (κ3) is 2.18. The van der Waals surface area contributed by atoms with Crippen LogP contribution >= 0.6 is 11.3 Å². The standard InChI is InChI=1S/C14H14N4OS/c1-2-8-18-11-6-4-3-5-10(11)12(13(18)19)16-17-14-15-7-9-20-14/h3-7,9,19H,2,8H2,1H3. The lowest BCUT2D eigenvalue weighted by Gasteiger charge is -2.03. The third-order valence-electron chi connectivity index (χ3n) is 3.02. The van der Waals surface area contributed by atoms with Crippen LogP contribution in [0.5, 0.6) is 5.88 Å². The topological polar surface area (TPSA) is 62.8 Å². The molecule has 1 N–H and O–H groups in total. The van der Waals surface area contributed by atoms with Gasteiger partial charge >= 0.3 is 0 Å². The lowest BCUT2D eigenvalue weighted by molar-refractivity contribution is 0.421. The highest BCUT2D eigenvalue weighted by Gasteiger charge is 2.15. The van der Waals surface area contributed by atoms with Crippen LogP contribution in [0.4, 0.5) is 10.8 Å². The summed E-state index contributed by atoms with van der Waals surface area (Å²) in [4.78, 5) is 4.05. The molecule has 2 aromatic heterocycles. The Morgan fingerprint density at radius 2 is 2.15 bits per heavy atom. The van der Waals surface area contributed by atoms with Crippen molar-refractivity contribution in [2.75, 3.05) is 0 Å². The van der Waals surface area contributed by atoms with Crippen molar-refractivity contribution >= 4 is 33.1 Å². The summed E-state index contributed by atoms with van der Waals surface area (Å²) < 4.78 is 1.87. The maximum absolute atomic E-state index is 10.4. The summed E-state index contributed by atoms with van der Waals surface area (Å²) in [7, 11) is 0. The Labute approximate surface area is 120 Å². The van der Waals surface area contributed by atoms with E-state index in [1.165, 1.54) is 11.3 Å². The van der Waals surface area contributed by atoms with E-state index in [0.717, 1.165) is 23.9 Å². The highest BCUT2D eigenvalue weighted by Crippen LogP contribution is 2.39. The molecule has 6 heteroatoms. The summed E-state index contributed by atoms with van der Waals surface area (Å²) in [5.74, 6) is 0.161. The van der Waals surface area contributed by atoms with Gasteiger partial charge in [-0.25, -0.2) is 4.98 Å². The molecule has 3 aromatic rings. The monoisotopic (exact) mass is 286 g/mol. The molecule has 0 unspecified atom stereocenters. The lowest BCUT2D eigenvalue weighted by atomic mass is 10.2. The maximum atomic E-state index is 10.4. The Hall–Kier alpha value is -2.21. The van der Waals surface area contributed by atoms with E-state index in [-0.39, 0.29) is 5.88 Å². The van der Waals surface area contributed by atoms with Crippen molar-refractivity contribution in [1.82, 2.24) is 9.55 Å². The third-order valence-corrected chi connectivity index (χ3v) is 3.68. The molecule has 0 amide bonds. The molecule has 0 aliphatic heterocycles. The van der Waals surface area contributed by atoms with Gasteiger partial charge in [-0.05, 0) is 12.5 Å². The minimum atomic E-state index is 0.161. The number of aryl methyl sites for hydroxylation is 1. The van der Waals surface area contributed by atoms with Crippen LogP contribution in [0.2, 0.25) is 0 Å². The molecule has 20 heavy (non-hydrogen) atoms. The Kier molecular flexibility index (Phi) is 3.47. The van der Waals surface area contributed by atoms with Crippen LogP contribution in [-0.4, -0.2) is 14.7 Å². The summed E-state index contributed by atoms with van der Waals surface area (Å²) in [6.45, 7) is 2.82. The molecule has 1 aromatic carbocycles. The van der Waals surface area contributed by atoms with Crippen LogP contribution in [0, 0.1) is 0 Å². The Balaban J connectivity index is 2.12. The number of benzene rings is 1. The quantitative estimate of drug-likeness (QED) is 0.711. The van der Waals surface area contributed by atoms with Crippen molar-refractivity contribution in [2.24, 2.45) is 10.2 Å². The van der Waals surface area contributed by atoms with E-state index in [1.807, 2.05) is 34.2 Å². The first-order valence-corrected chi connectivity index (χ1v) is 7.30. The number of para-hydroxylation sites is 1. The molecule has 102 valence electrons. The van der Waals surface area contributed by atoms with E-state index in [2.05, 4.69) is 22.1 Å². The van der Waals surface area contributed by atoms with Crippen LogP contribution in [0.1, 0.15) is 13.3 Å². The minimum Gasteiger partial charge on any atom is -0.493 e. The van der Waals surface area contributed by atoms with Gasteiger partial charge in [-0.15, -0.1) is 21.6 Å². The van der Waals surface area contributed by atoms with Gasteiger partial charge in [0, 0.05) is 23.5 Å². The van der Waals surface area contributed by atoms with E-state index in [4.69, 9.17) is 0 Å². The van der Waals surface area contributed by atoms with Crippen LogP contribution in [0.3, 0.4) is 0 Å². The van der Waals surface area contributed by atoms with Gasteiger partial charge in [-0.2, -0.15) is 0 Å². The maximum Gasteiger partial charge on any atom is 0.229 e. The van der Waals surface area contributed by atoms with Gasteiger partial charge < -0.3 is 9.67 Å². The highest BCUT2D eigenvalue weighted by atomic mass is 32.1.